The molecule has 120 valence electrons. The van der Waals surface area contributed by atoms with Gasteiger partial charge in [-0.15, -0.1) is 12.4 Å². The van der Waals surface area contributed by atoms with Crippen LogP contribution in [0.5, 0.6) is 5.75 Å². The van der Waals surface area contributed by atoms with Gasteiger partial charge in [0.05, 0.1) is 17.7 Å². The largest absolute Gasteiger partial charge is 0.497 e. The van der Waals surface area contributed by atoms with Gasteiger partial charge in [0, 0.05) is 13.6 Å². The first kappa shape index (κ1) is 18.3. The maximum atomic E-state index is 12.6. The molecule has 0 aliphatic heterocycles. The van der Waals surface area contributed by atoms with Crippen LogP contribution in [0, 0.1) is 0 Å². The van der Waals surface area contributed by atoms with E-state index < -0.39 is 10.0 Å². The molecule has 7 heteroatoms. The van der Waals surface area contributed by atoms with Crippen LogP contribution in [0.1, 0.15) is 5.56 Å². The molecule has 0 aliphatic carbocycles. The van der Waals surface area contributed by atoms with Crippen molar-refractivity contribution in [1.82, 2.24) is 0 Å². The molecule has 0 fully saturated rings. The van der Waals surface area contributed by atoms with Gasteiger partial charge in [-0.2, -0.15) is 0 Å². The second kappa shape index (κ2) is 7.49. The minimum Gasteiger partial charge on any atom is -0.497 e. The van der Waals surface area contributed by atoms with Gasteiger partial charge in [0.1, 0.15) is 5.75 Å². The average molecular weight is 343 g/mol. The summed E-state index contributed by atoms with van der Waals surface area (Å²) in [5.41, 5.74) is 6.97. The number of methoxy groups -OCH3 is 1. The van der Waals surface area contributed by atoms with Gasteiger partial charge in [-0.1, -0.05) is 18.2 Å². The van der Waals surface area contributed by atoms with Gasteiger partial charge in [0.25, 0.3) is 10.0 Å². The van der Waals surface area contributed by atoms with Gasteiger partial charge in [0.2, 0.25) is 0 Å². The van der Waals surface area contributed by atoms with E-state index in [2.05, 4.69) is 0 Å². The first-order valence-corrected chi connectivity index (χ1v) is 7.85. The summed E-state index contributed by atoms with van der Waals surface area (Å²) < 4.78 is 31.6. The van der Waals surface area contributed by atoms with E-state index in [-0.39, 0.29) is 23.8 Å². The highest BCUT2D eigenvalue weighted by atomic mass is 35.5. The van der Waals surface area contributed by atoms with E-state index in [4.69, 9.17) is 10.5 Å². The number of nitrogens with two attached hydrogens (primary N) is 1. The molecule has 0 aromatic heterocycles. The zero-order chi connectivity index (χ0) is 15.5. The lowest BCUT2D eigenvalue weighted by atomic mass is 10.1. The van der Waals surface area contributed by atoms with Crippen LogP contribution in [0.3, 0.4) is 0 Å². The number of rotatable bonds is 5. The van der Waals surface area contributed by atoms with Crippen molar-refractivity contribution in [3.63, 3.8) is 0 Å². The van der Waals surface area contributed by atoms with Crippen molar-refractivity contribution in [2.24, 2.45) is 5.73 Å². The predicted octanol–water partition coefficient (Wildman–Crippen LogP) is 2.40. The number of nitrogens with zero attached hydrogens (tertiary/aromatic N) is 1. The SMILES string of the molecule is COc1ccc(N(C)S(=O)(=O)c2ccccc2)c(CN)c1.Cl. The summed E-state index contributed by atoms with van der Waals surface area (Å²) in [6, 6.07) is 13.4. The van der Waals surface area contributed by atoms with E-state index in [1.54, 1.807) is 55.6 Å². The first-order valence-electron chi connectivity index (χ1n) is 6.41. The Morgan fingerprint density at radius 3 is 2.32 bits per heavy atom. The Bertz CT molecular complexity index is 721. The van der Waals surface area contributed by atoms with Crippen molar-refractivity contribution < 1.29 is 13.2 Å². The van der Waals surface area contributed by atoms with Crippen LogP contribution in [0.2, 0.25) is 0 Å². The molecule has 0 saturated heterocycles. The van der Waals surface area contributed by atoms with Crippen LogP contribution in [-0.4, -0.2) is 22.6 Å². The topological polar surface area (TPSA) is 72.6 Å². The summed E-state index contributed by atoms with van der Waals surface area (Å²) in [6.07, 6.45) is 0. The summed E-state index contributed by atoms with van der Waals surface area (Å²) in [5, 5.41) is 0. The van der Waals surface area contributed by atoms with Crippen molar-refractivity contribution >= 4 is 28.1 Å². The fraction of sp³-hybridized carbons (Fsp3) is 0.200. The molecule has 0 amide bonds. The van der Waals surface area contributed by atoms with Crippen LogP contribution < -0.4 is 14.8 Å². The quantitative estimate of drug-likeness (QED) is 0.905. The lowest BCUT2D eigenvalue weighted by Gasteiger charge is -2.22. The number of sulfonamides is 1. The number of halogens is 1. The second-order valence-corrected chi connectivity index (χ2v) is 6.45. The third-order valence-corrected chi connectivity index (χ3v) is 5.03. The standard InChI is InChI=1S/C15H18N2O3S.ClH/c1-17(21(18,19)14-6-4-3-5-7-14)15-9-8-13(20-2)10-12(15)11-16;/h3-10H,11,16H2,1-2H3;1H. The molecule has 0 unspecified atom stereocenters. The van der Waals surface area contributed by atoms with Crippen molar-refractivity contribution in [3.8, 4) is 5.75 Å². The average Bonchev–Trinajstić information content (AvgIpc) is 2.54. The summed E-state index contributed by atoms with van der Waals surface area (Å²) >= 11 is 0. The molecule has 0 bridgehead atoms. The van der Waals surface area contributed by atoms with Crippen LogP contribution in [0.15, 0.2) is 53.4 Å². The molecule has 0 radical (unpaired) electrons. The van der Waals surface area contributed by atoms with Crippen molar-refractivity contribution in [2.45, 2.75) is 11.4 Å². The number of anilines is 1. The maximum Gasteiger partial charge on any atom is 0.264 e. The minimum atomic E-state index is -3.61. The molecule has 0 atom stereocenters. The van der Waals surface area contributed by atoms with E-state index in [1.807, 2.05) is 0 Å². The normalized spacial score (nSPS) is 10.7. The van der Waals surface area contributed by atoms with Gasteiger partial charge in [-0.05, 0) is 35.9 Å². The van der Waals surface area contributed by atoms with E-state index in [1.165, 1.54) is 11.4 Å². The van der Waals surface area contributed by atoms with Crippen molar-refractivity contribution in [3.05, 3.63) is 54.1 Å². The smallest absolute Gasteiger partial charge is 0.264 e. The van der Waals surface area contributed by atoms with Crippen molar-refractivity contribution in [1.29, 1.82) is 0 Å². The molecule has 0 spiro atoms. The Hall–Kier alpha value is -1.76. The van der Waals surface area contributed by atoms with Gasteiger partial charge in [0.15, 0.2) is 0 Å². The van der Waals surface area contributed by atoms with E-state index >= 15 is 0 Å². The number of benzene rings is 2. The Labute approximate surface area is 137 Å². The molecule has 2 aromatic rings. The molecular formula is C15H19ClN2O3S. The third-order valence-electron chi connectivity index (χ3n) is 3.25. The van der Waals surface area contributed by atoms with Crippen LogP contribution in [0.4, 0.5) is 5.69 Å². The summed E-state index contributed by atoms with van der Waals surface area (Å²) in [7, 11) is -0.535. The van der Waals surface area contributed by atoms with Crippen LogP contribution in [0.25, 0.3) is 0 Å². The molecule has 2 aromatic carbocycles. The molecule has 0 heterocycles. The Balaban J connectivity index is 0.00000242. The molecule has 2 N–H and O–H groups in total. The van der Waals surface area contributed by atoms with Gasteiger partial charge in [-0.3, -0.25) is 4.31 Å². The van der Waals surface area contributed by atoms with Crippen molar-refractivity contribution in [2.75, 3.05) is 18.5 Å². The molecule has 0 aliphatic rings. The Kier molecular flexibility index (Phi) is 6.22. The van der Waals surface area contributed by atoms with E-state index in [0.29, 0.717) is 17.0 Å². The zero-order valence-corrected chi connectivity index (χ0v) is 14.0. The highest BCUT2D eigenvalue weighted by Gasteiger charge is 2.22. The number of hydrogen-bond acceptors (Lipinski definition) is 4. The van der Waals surface area contributed by atoms with Gasteiger partial charge < -0.3 is 10.5 Å². The molecule has 0 saturated carbocycles. The Morgan fingerprint density at radius 2 is 1.77 bits per heavy atom. The predicted molar refractivity (Wildman–Crippen MR) is 90.2 cm³/mol. The fourth-order valence-corrected chi connectivity index (χ4v) is 3.29. The summed E-state index contributed by atoms with van der Waals surface area (Å²) in [6.45, 7) is 0.223. The summed E-state index contributed by atoms with van der Waals surface area (Å²) in [4.78, 5) is 0.242. The zero-order valence-electron chi connectivity index (χ0n) is 12.4. The van der Waals surface area contributed by atoms with E-state index in [9.17, 15) is 8.42 Å². The third kappa shape index (κ3) is 3.52. The lowest BCUT2D eigenvalue weighted by molar-refractivity contribution is 0.414. The first-order chi connectivity index (χ1) is 10.0. The molecule has 5 nitrogen and oxygen atoms in total. The molecule has 22 heavy (non-hydrogen) atoms. The minimum absolute atomic E-state index is 0. The summed E-state index contributed by atoms with van der Waals surface area (Å²) in [5.74, 6) is 0.643. The number of hydrogen-bond donors (Lipinski definition) is 1. The lowest BCUT2D eigenvalue weighted by Crippen LogP contribution is -2.27. The Morgan fingerprint density at radius 1 is 1.14 bits per heavy atom. The highest BCUT2D eigenvalue weighted by molar-refractivity contribution is 7.92. The van der Waals surface area contributed by atoms with Gasteiger partial charge in [-0.25, -0.2) is 8.42 Å². The monoisotopic (exact) mass is 342 g/mol. The van der Waals surface area contributed by atoms with E-state index in [0.717, 1.165) is 0 Å². The molecule has 2 rings (SSSR count). The van der Waals surface area contributed by atoms with Crippen LogP contribution >= 0.6 is 12.4 Å². The highest BCUT2D eigenvalue weighted by Crippen LogP contribution is 2.28. The fourth-order valence-electron chi connectivity index (χ4n) is 2.04. The number of ether oxygens (including phenoxy) is 1. The maximum absolute atomic E-state index is 12.6. The molecular weight excluding hydrogens is 324 g/mol. The second-order valence-electron chi connectivity index (χ2n) is 4.48. The van der Waals surface area contributed by atoms with Crippen LogP contribution in [-0.2, 0) is 16.6 Å². The van der Waals surface area contributed by atoms with Gasteiger partial charge >= 0.3 is 0 Å².